The summed E-state index contributed by atoms with van der Waals surface area (Å²) in [5.74, 6) is 2.46. The second-order valence-corrected chi connectivity index (χ2v) is 10.2. The second kappa shape index (κ2) is 12.6. The molecule has 5 rings (SSSR count). The molecule has 5 heteroatoms. The maximum atomic E-state index is 13.2. The first-order chi connectivity index (χ1) is 18.7. The molecule has 38 heavy (non-hydrogen) atoms. The van der Waals surface area contributed by atoms with Gasteiger partial charge in [0.25, 0.3) is 0 Å². The minimum Gasteiger partial charge on any atom is -0.497 e. The van der Waals surface area contributed by atoms with Crippen LogP contribution in [0, 0.1) is 5.92 Å². The monoisotopic (exact) mass is 507 g/mol. The minimum absolute atomic E-state index is 0.260. The molecule has 5 nitrogen and oxygen atoms in total. The van der Waals surface area contributed by atoms with E-state index in [-0.39, 0.29) is 5.78 Å². The van der Waals surface area contributed by atoms with Gasteiger partial charge in [0, 0.05) is 42.7 Å². The molecule has 1 aliphatic carbocycles. The van der Waals surface area contributed by atoms with E-state index in [9.17, 15) is 4.79 Å². The Morgan fingerprint density at radius 2 is 1.87 bits per heavy atom. The highest BCUT2D eigenvalue weighted by molar-refractivity contribution is 5.80. The van der Waals surface area contributed by atoms with Gasteiger partial charge in [0.1, 0.15) is 17.4 Å². The third-order valence-corrected chi connectivity index (χ3v) is 7.58. The van der Waals surface area contributed by atoms with E-state index in [2.05, 4.69) is 52.0 Å². The normalized spacial score (nSPS) is 17.6. The van der Waals surface area contributed by atoms with Crippen LogP contribution in [0.2, 0.25) is 0 Å². The highest BCUT2D eigenvalue weighted by Crippen LogP contribution is 2.27. The first-order valence-corrected chi connectivity index (χ1v) is 13.8. The van der Waals surface area contributed by atoms with E-state index >= 15 is 0 Å². The van der Waals surface area contributed by atoms with Crippen LogP contribution in [0.15, 0.2) is 96.9 Å². The van der Waals surface area contributed by atoms with Gasteiger partial charge in [-0.25, -0.2) is 4.98 Å². The predicted octanol–water partition coefficient (Wildman–Crippen LogP) is 6.94. The molecule has 1 aliphatic heterocycles. The lowest BCUT2D eigenvalue weighted by Crippen LogP contribution is -2.23. The zero-order valence-electron chi connectivity index (χ0n) is 22.3. The van der Waals surface area contributed by atoms with Crippen molar-refractivity contribution in [2.24, 2.45) is 5.92 Å². The zero-order chi connectivity index (χ0) is 26.2. The number of Topliss-reactive ketones (excluding diaryl/α,β-unsaturated/α-hetero) is 1. The largest absolute Gasteiger partial charge is 0.497 e. The Hall–Kier alpha value is -3.86. The molecule has 1 saturated heterocycles. The molecule has 3 aromatic rings. The van der Waals surface area contributed by atoms with Crippen molar-refractivity contribution in [2.45, 2.75) is 44.9 Å². The first kappa shape index (κ1) is 25.8. The number of nitrogens with zero attached hydrogens (tertiary/aromatic N) is 3. The lowest BCUT2D eigenvalue weighted by molar-refractivity contribution is -0.118. The molecule has 0 bridgehead atoms. The van der Waals surface area contributed by atoms with Crippen molar-refractivity contribution in [2.75, 3.05) is 20.2 Å². The highest BCUT2D eigenvalue weighted by atomic mass is 16.5. The number of hydrogen-bond donors (Lipinski definition) is 0. The lowest BCUT2D eigenvalue weighted by atomic mass is 9.93. The van der Waals surface area contributed by atoms with Gasteiger partial charge in [0.05, 0.1) is 19.2 Å². The summed E-state index contributed by atoms with van der Waals surface area (Å²) in [4.78, 5) is 20.6. The summed E-state index contributed by atoms with van der Waals surface area (Å²) < 4.78 is 7.36. The van der Waals surface area contributed by atoms with Crippen LogP contribution in [0.4, 0.5) is 0 Å². The van der Waals surface area contributed by atoms with Gasteiger partial charge in [0.15, 0.2) is 0 Å². The van der Waals surface area contributed by atoms with Crippen LogP contribution in [0.3, 0.4) is 0 Å². The average Bonchev–Trinajstić information content (AvgIpc) is 3.11. The molecule has 1 aromatic heterocycles. The fourth-order valence-corrected chi connectivity index (χ4v) is 5.40. The number of imidazole rings is 1. The molecule has 1 unspecified atom stereocenters. The van der Waals surface area contributed by atoms with Crippen LogP contribution in [-0.4, -0.2) is 40.4 Å². The van der Waals surface area contributed by atoms with Crippen LogP contribution in [0.5, 0.6) is 5.75 Å². The van der Waals surface area contributed by atoms with Gasteiger partial charge >= 0.3 is 0 Å². The number of methoxy groups -OCH3 is 1. The smallest absolute Gasteiger partial charge is 0.140 e. The maximum absolute atomic E-state index is 13.2. The van der Waals surface area contributed by atoms with Gasteiger partial charge < -0.3 is 14.2 Å². The van der Waals surface area contributed by atoms with Gasteiger partial charge in [-0.1, -0.05) is 42.5 Å². The number of likely N-dealkylation sites (tertiary alicyclic amines) is 1. The van der Waals surface area contributed by atoms with Crippen LogP contribution in [0.1, 0.15) is 44.3 Å². The van der Waals surface area contributed by atoms with Crippen molar-refractivity contribution in [1.29, 1.82) is 0 Å². The lowest BCUT2D eigenvalue weighted by Gasteiger charge is -2.24. The van der Waals surface area contributed by atoms with E-state index in [1.54, 1.807) is 7.11 Å². The number of ketones is 1. The fourth-order valence-electron chi connectivity index (χ4n) is 5.40. The standard InChI is InChI=1S/C33H37N3O2/c1-38-31-19-16-27(17-20-31)32-25-36(29-13-7-4-8-14-29)33(34-32)24-30(37)18-15-26-10-9-22-35(23-21-26)28-11-5-2-3-6-12-28/h2-5,7-8,11-14,16-17,19-20,25-26H,6,9-10,15,18,21-24H2,1H3. The van der Waals surface area contributed by atoms with Crippen molar-refractivity contribution in [1.82, 2.24) is 14.5 Å². The Labute approximate surface area is 226 Å². The number of hydrogen-bond acceptors (Lipinski definition) is 4. The topological polar surface area (TPSA) is 47.4 Å². The van der Waals surface area contributed by atoms with E-state index in [1.807, 2.05) is 48.7 Å². The van der Waals surface area contributed by atoms with Gasteiger partial charge in [-0.3, -0.25) is 4.79 Å². The molecule has 0 amide bonds. The summed E-state index contributed by atoms with van der Waals surface area (Å²) in [6.07, 6.45) is 19.5. The molecule has 196 valence electrons. The predicted molar refractivity (Wildman–Crippen MR) is 153 cm³/mol. The van der Waals surface area contributed by atoms with E-state index in [4.69, 9.17) is 9.72 Å². The number of carbonyl (C=O) groups excluding carboxylic acids is 1. The molecule has 2 aromatic carbocycles. The van der Waals surface area contributed by atoms with Crippen LogP contribution >= 0.6 is 0 Å². The van der Waals surface area contributed by atoms with Gasteiger partial charge in [0.2, 0.25) is 0 Å². The summed E-state index contributed by atoms with van der Waals surface area (Å²) in [5, 5.41) is 0. The second-order valence-electron chi connectivity index (χ2n) is 10.2. The molecule has 1 atom stereocenters. The summed E-state index contributed by atoms with van der Waals surface area (Å²) in [6, 6.07) is 18.0. The van der Waals surface area contributed by atoms with E-state index in [1.165, 1.54) is 18.5 Å². The molecule has 1 fully saturated rings. The Balaban J connectivity index is 1.23. The number of allylic oxidation sites excluding steroid dienone is 5. The Morgan fingerprint density at radius 3 is 2.68 bits per heavy atom. The van der Waals surface area contributed by atoms with Crippen molar-refractivity contribution in [3.63, 3.8) is 0 Å². The summed E-state index contributed by atoms with van der Waals surface area (Å²) >= 11 is 0. The van der Waals surface area contributed by atoms with Crippen molar-refractivity contribution in [3.8, 4) is 22.7 Å². The molecule has 0 saturated carbocycles. The number of benzene rings is 2. The van der Waals surface area contributed by atoms with Crippen molar-refractivity contribution >= 4 is 5.78 Å². The third kappa shape index (κ3) is 6.52. The highest BCUT2D eigenvalue weighted by Gasteiger charge is 2.20. The number of rotatable bonds is 9. The van der Waals surface area contributed by atoms with Crippen LogP contribution < -0.4 is 4.74 Å². The van der Waals surface area contributed by atoms with Crippen molar-refractivity contribution in [3.05, 3.63) is 103 Å². The van der Waals surface area contributed by atoms with Gasteiger partial charge in [-0.2, -0.15) is 0 Å². The fraction of sp³-hybridized carbons (Fsp3) is 0.333. The third-order valence-electron chi connectivity index (χ3n) is 7.58. The Kier molecular flexibility index (Phi) is 8.54. The quantitative estimate of drug-likeness (QED) is 0.315. The van der Waals surface area contributed by atoms with Gasteiger partial charge in [-0.05, 0) is 80.5 Å². The maximum Gasteiger partial charge on any atom is 0.140 e. The molecular weight excluding hydrogens is 470 g/mol. The van der Waals surface area contributed by atoms with Crippen molar-refractivity contribution < 1.29 is 9.53 Å². The number of carbonyl (C=O) groups is 1. The van der Waals surface area contributed by atoms with E-state index in [0.717, 1.165) is 60.9 Å². The molecular formula is C33H37N3O2. The number of ether oxygens (including phenoxy) is 1. The molecule has 0 radical (unpaired) electrons. The SMILES string of the molecule is COc1ccc(-c2cn(-c3ccccc3)c(CC(=O)CCC3CCCN(C4=CCC=CC=C4)CC3)n2)cc1. The van der Waals surface area contributed by atoms with Gasteiger partial charge in [-0.15, -0.1) is 0 Å². The first-order valence-electron chi connectivity index (χ1n) is 13.8. The molecule has 2 aliphatic rings. The number of para-hydroxylation sites is 1. The number of aromatic nitrogens is 2. The van der Waals surface area contributed by atoms with Crippen LogP contribution in [0.25, 0.3) is 16.9 Å². The van der Waals surface area contributed by atoms with E-state index in [0.29, 0.717) is 18.8 Å². The molecule has 0 spiro atoms. The molecule has 2 heterocycles. The summed E-state index contributed by atoms with van der Waals surface area (Å²) in [6.45, 7) is 2.17. The minimum atomic E-state index is 0.260. The summed E-state index contributed by atoms with van der Waals surface area (Å²) in [5.41, 5.74) is 4.22. The summed E-state index contributed by atoms with van der Waals surface area (Å²) in [7, 11) is 1.67. The zero-order valence-corrected chi connectivity index (χ0v) is 22.3. The van der Waals surface area contributed by atoms with Crippen LogP contribution in [-0.2, 0) is 11.2 Å². The average molecular weight is 508 g/mol. The van der Waals surface area contributed by atoms with E-state index < -0.39 is 0 Å². The molecule has 0 N–H and O–H groups in total. The Morgan fingerprint density at radius 1 is 1.03 bits per heavy atom. The Bertz CT molecular complexity index is 1300.